The van der Waals surface area contributed by atoms with Crippen molar-refractivity contribution in [3.8, 4) is 0 Å². The van der Waals surface area contributed by atoms with Gasteiger partial charge in [0.15, 0.2) is 0 Å². The molecular formula is C18H23N3. The lowest BCUT2D eigenvalue weighted by Gasteiger charge is -2.37. The van der Waals surface area contributed by atoms with Crippen LogP contribution in [0, 0.1) is 0 Å². The molecule has 21 heavy (non-hydrogen) atoms. The Hall–Kier alpha value is -2.03. The fourth-order valence-corrected chi connectivity index (χ4v) is 3.08. The van der Waals surface area contributed by atoms with Crippen molar-refractivity contribution < 1.29 is 0 Å². The van der Waals surface area contributed by atoms with E-state index in [1.807, 2.05) is 12.3 Å². The lowest BCUT2D eigenvalue weighted by Crippen LogP contribution is -2.36. The van der Waals surface area contributed by atoms with Crippen molar-refractivity contribution in [1.82, 2.24) is 4.98 Å². The second-order valence-electron chi connectivity index (χ2n) is 5.69. The summed E-state index contributed by atoms with van der Waals surface area (Å²) in [6.07, 6.45) is 4.25. The van der Waals surface area contributed by atoms with E-state index >= 15 is 0 Å². The summed E-state index contributed by atoms with van der Waals surface area (Å²) in [5.41, 5.74) is 4.11. The van der Waals surface area contributed by atoms with Gasteiger partial charge >= 0.3 is 0 Å². The molecule has 3 rings (SSSR count). The number of nitrogens with one attached hydrogen (secondary N) is 1. The van der Waals surface area contributed by atoms with Crippen molar-refractivity contribution in [3.05, 3.63) is 53.7 Å². The Labute approximate surface area is 127 Å². The topological polar surface area (TPSA) is 28.2 Å². The predicted molar refractivity (Wildman–Crippen MR) is 88.8 cm³/mol. The molecule has 1 aromatic carbocycles. The van der Waals surface area contributed by atoms with Crippen LogP contribution in [0.4, 0.5) is 11.5 Å². The standard InChI is InChI=1S/C18H23N3/c1-3-19-18-16(8-6-12-20-18)13-21-14(2)10-11-15-7-4-5-9-17(15)21/h4-9,12,14H,3,10-11,13H2,1-2H3,(H,19,20). The van der Waals surface area contributed by atoms with Crippen molar-refractivity contribution >= 4 is 11.5 Å². The first-order valence-electron chi connectivity index (χ1n) is 7.82. The maximum Gasteiger partial charge on any atom is 0.130 e. The van der Waals surface area contributed by atoms with Gasteiger partial charge in [-0.05, 0) is 44.4 Å². The molecule has 0 aliphatic carbocycles. The average Bonchev–Trinajstić information content (AvgIpc) is 2.52. The van der Waals surface area contributed by atoms with Gasteiger partial charge in [-0.2, -0.15) is 0 Å². The van der Waals surface area contributed by atoms with Crippen molar-refractivity contribution in [2.75, 3.05) is 16.8 Å². The van der Waals surface area contributed by atoms with Crippen LogP contribution in [-0.4, -0.2) is 17.6 Å². The predicted octanol–water partition coefficient (Wildman–Crippen LogP) is 3.85. The number of anilines is 2. The zero-order valence-electron chi connectivity index (χ0n) is 12.8. The van der Waals surface area contributed by atoms with Gasteiger partial charge in [0.05, 0.1) is 0 Å². The zero-order valence-corrected chi connectivity index (χ0v) is 12.8. The van der Waals surface area contributed by atoms with Crippen LogP contribution in [0.1, 0.15) is 31.4 Å². The highest BCUT2D eigenvalue weighted by molar-refractivity contribution is 5.58. The molecule has 1 unspecified atom stereocenters. The van der Waals surface area contributed by atoms with E-state index in [1.165, 1.54) is 29.7 Å². The summed E-state index contributed by atoms with van der Waals surface area (Å²) in [6, 6.07) is 13.5. The molecule has 0 spiro atoms. The lowest BCUT2D eigenvalue weighted by molar-refractivity contribution is 0.560. The van der Waals surface area contributed by atoms with Gasteiger partial charge in [-0.3, -0.25) is 0 Å². The first-order valence-corrected chi connectivity index (χ1v) is 7.82. The molecule has 0 bridgehead atoms. The summed E-state index contributed by atoms with van der Waals surface area (Å²) in [5, 5.41) is 3.37. The maximum atomic E-state index is 4.48. The first kappa shape index (κ1) is 13.9. The van der Waals surface area contributed by atoms with Crippen LogP contribution in [0.3, 0.4) is 0 Å². The Kier molecular flexibility index (Phi) is 4.09. The number of aromatic nitrogens is 1. The summed E-state index contributed by atoms with van der Waals surface area (Å²) < 4.78 is 0. The molecule has 1 N–H and O–H groups in total. The molecule has 2 aromatic rings. The summed E-state index contributed by atoms with van der Waals surface area (Å²) >= 11 is 0. The Morgan fingerprint density at radius 3 is 2.95 bits per heavy atom. The SMILES string of the molecule is CCNc1ncccc1CN1c2ccccc2CCC1C. The van der Waals surface area contributed by atoms with Crippen LogP contribution >= 0.6 is 0 Å². The second kappa shape index (κ2) is 6.17. The van der Waals surface area contributed by atoms with Gasteiger partial charge in [0, 0.05) is 36.6 Å². The van der Waals surface area contributed by atoms with Crippen LogP contribution in [-0.2, 0) is 13.0 Å². The number of pyridine rings is 1. The summed E-state index contributed by atoms with van der Waals surface area (Å²) in [5.74, 6) is 1.01. The molecule has 1 atom stereocenters. The van der Waals surface area contributed by atoms with E-state index in [9.17, 15) is 0 Å². The third-order valence-electron chi connectivity index (χ3n) is 4.24. The fourth-order valence-electron chi connectivity index (χ4n) is 3.08. The summed E-state index contributed by atoms with van der Waals surface area (Å²) in [7, 11) is 0. The molecule has 0 fully saturated rings. The van der Waals surface area contributed by atoms with E-state index in [0.717, 1.165) is 18.9 Å². The van der Waals surface area contributed by atoms with Gasteiger partial charge in [-0.25, -0.2) is 4.98 Å². The van der Waals surface area contributed by atoms with Gasteiger partial charge in [0.25, 0.3) is 0 Å². The van der Waals surface area contributed by atoms with Crippen molar-refractivity contribution in [2.24, 2.45) is 0 Å². The number of nitrogens with zero attached hydrogens (tertiary/aromatic N) is 2. The normalized spacial score (nSPS) is 17.4. The third kappa shape index (κ3) is 2.87. The van der Waals surface area contributed by atoms with E-state index in [1.54, 1.807) is 0 Å². The molecule has 1 aliphatic rings. The Bertz CT molecular complexity index is 609. The highest BCUT2D eigenvalue weighted by Crippen LogP contribution is 2.32. The third-order valence-corrected chi connectivity index (χ3v) is 4.24. The lowest BCUT2D eigenvalue weighted by atomic mass is 9.96. The number of fused-ring (bicyclic) bond motifs is 1. The van der Waals surface area contributed by atoms with Crippen LogP contribution in [0.15, 0.2) is 42.6 Å². The fraction of sp³-hybridized carbons (Fsp3) is 0.389. The highest BCUT2D eigenvalue weighted by atomic mass is 15.2. The molecule has 0 saturated heterocycles. The minimum absolute atomic E-state index is 0.564. The molecule has 1 aliphatic heterocycles. The number of rotatable bonds is 4. The van der Waals surface area contributed by atoms with Gasteiger partial charge in [0.1, 0.15) is 5.82 Å². The minimum Gasteiger partial charge on any atom is -0.370 e. The second-order valence-corrected chi connectivity index (χ2v) is 5.69. The Morgan fingerprint density at radius 2 is 2.10 bits per heavy atom. The van der Waals surface area contributed by atoms with Crippen molar-refractivity contribution in [1.29, 1.82) is 0 Å². The number of aryl methyl sites for hydroxylation is 1. The van der Waals surface area contributed by atoms with Crippen LogP contribution in [0.25, 0.3) is 0 Å². The molecule has 0 radical (unpaired) electrons. The largest absolute Gasteiger partial charge is 0.370 e. The smallest absolute Gasteiger partial charge is 0.130 e. The molecule has 2 heterocycles. The van der Waals surface area contributed by atoms with Crippen molar-refractivity contribution in [3.63, 3.8) is 0 Å². The van der Waals surface area contributed by atoms with E-state index in [-0.39, 0.29) is 0 Å². The monoisotopic (exact) mass is 281 g/mol. The average molecular weight is 281 g/mol. The molecule has 110 valence electrons. The van der Waals surface area contributed by atoms with Gasteiger partial charge in [0.2, 0.25) is 0 Å². The summed E-state index contributed by atoms with van der Waals surface area (Å²) in [6.45, 7) is 6.24. The molecule has 3 nitrogen and oxygen atoms in total. The van der Waals surface area contributed by atoms with Gasteiger partial charge < -0.3 is 10.2 Å². The first-order chi connectivity index (χ1) is 10.3. The van der Waals surface area contributed by atoms with Gasteiger partial charge in [-0.1, -0.05) is 24.3 Å². The Morgan fingerprint density at radius 1 is 1.24 bits per heavy atom. The molecule has 3 heteroatoms. The molecule has 0 amide bonds. The number of para-hydroxylation sites is 1. The number of hydrogen-bond donors (Lipinski definition) is 1. The number of benzene rings is 1. The van der Waals surface area contributed by atoms with Crippen LogP contribution in [0.2, 0.25) is 0 Å². The van der Waals surface area contributed by atoms with Crippen LogP contribution < -0.4 is 10.2 Å². The molecule has 1 aromatic heterocycles. The van der Waals surface area contributed by atoms with E-state index in [2.05, 4.69) is 59.4 Å². The van der Waals surface area contributed by atoms with E-state index in [0.29, 0.717) is 6.04 Å². The maximum absolute atomic E-state index is 4.48. The Balaban J connectivity index is 1.91. The van der Waals surface area contributed by atoms with Crippen molar-refractivity contribution in [2.45, 2.75) is 39.3 Å². The number of hydrogen-bond acceptors (Lipinski definition) is 3. The zero-order chi connectivity index (χ0) is 14.7. The van der Waals surface area contributed by atoms with Crippen LogP contribution in [0.5, 0.6) is 0 Å². The van der Waals surface area contributed by atoms with E-state index < -0.39 is 0 Å². The highest BCUT2D eigenvalue weighted by Gasteiger charge is 2.23. The summed E-state index contributed by atoms with van der Waals surface area (Å²) in [4.78, 5) is 6.99. The quantitative estimate of drug-likeness (QED) is 0.922. The molecule has 0 saturated carbocycles. The molecular weight excluding hydrogens is 258 g/mol. The van der Waals surface area contributed by atoms with Gasteiger partial charge in [-0.15, -0.1) is 0 Å². The minimum atomic E-state index is 0.564. The van der Waals surface area contributed by atoms with E-state index in [4.69, 9.17) is 0 Å².